The van der Waals surface area contributed by atoms with Gasteiger partial charge in [-0.05, 0) is 42.0 Å². The first kappa shape index (κ1) is 14.5. The van der Waals surface area contributed by atoms with E-state index in [0.717, 1.165) is 35.2 Å². The molecule has 4 rings (SSSR count). The highest BCUT2D eigenvalue weighted by atomic mass is 16.2. The van der Waals surface area contributed by atoms with Crippen LogP contribution in [0.15, 0.2) is 71.3 Å². The Labute approximate surface area is 139 Å². The number of carbonyl (C=O) groups excluding carboxylic acids is 1. The lowest BCUT2D eigenvalue weighted by molar-refractivity contribution is -0.116. The smallest absolute Gasteiger partial charge is 0.273 e. The summed E-state index contributed by atoms with van der Waals surface area (Å²) < 4.78 is 0. The summed E-state index contributed by atoms with van der Waals surface area (Å²) in [7, 11) is 0. The molecule has 4 nitrogen and oxygen atoms in total. The second-order valence-corrected chi connectivity index (χ2v) is 5.85. The van der Waals surface area contributed by atoms with Gasteiger partial charge in [0.05, 0.1) is 11.3 Å². The highest BCUT2D eigenvalue weighted by molar-refractivity contribution is 6.27. The second-order valence-electron chi connectivity index (χ2n) is 5.85. The van der Waals surface area contributed by atoms with Crippen LogP contribution in [0.2, 0.25) is 0 Å². The molecule has 4 heteroatoms. The van der Waals surface area contributed by atoms with Gasteiger partial charge in [-0.25, -0.2) is 5.43 Å². The van der Waals surface area contributed by atoms with E-state index in [0.29, 0.717) is 5.57 Å². The van der Waals surface area contributed by atoms with Crippen molar-refractivity contribution in [3.8, 4) is 0 Å². The van der Waals surface area contributed by atoms with E-state index in [2.05, 4.69) is 27.6 Å². The number of aromatic nitrogens is 1. The van der Waals surface area contributed by atoms with Crippen molar-refractivity contribution in [3.63, 3.8) is 0 Å². The zero-order valence-electron chi connectivity index (χ0n) is 13.1. The number of amides is 1. The Kier molecular flexibility index (Phi) is 3.71. The molecule has 0 saturated carbocycles. The second kappa shape index (κ2) is 6.16. The molecule has 0 bridgehead atoms. The Morgan fingerprint density at radius 1 is 0.958 bits per heavy atom. The summed E-state index contributed by atoms with van der Waals surface area (Å²) in [5, 5.41) is 5.33. The number of hydrogen-bond acceptors (Lipinski definition) is 2. The van der Waals surface area contributed by atoms with E-state index in [1.54, 1.807) is 0 Å². The molecule has 0 saturated heterocycles. The van der Waals surface area contributed by atoms with E-state index in [9.17, 15) is 4.79 Å². The maximum Gasteiger partial charge on any atom is 0.273 e. The minimum atomic E-state index is -0.142. The lowest BCUT2D eigenvalue weighted by Crippen LogP contribution is -2.13. The van der Waals surface area contributed by atoms with E-state index >= 15 is 0 Å². The van der Waals surface area contributed by atoms with Crippen LogP contribution in [0.3, 0.4) is 0 Å². The predicted octanol–water partition coefficient (Wildman–Crippen LogP) is 3.67. The lowest BCUT2D eigenvalue weighted by Gasteiger charge is -2.02. The fourth-order valence-electron chi connectivity index (χ4n) is 2.95. The molecule has 2 aromatic carbocycles. The number of hydrazone groups is 1. The van der Waals surface area contributed by atoms with E-state index in [4.69, 9.17) is 0 Å². The summed E-state index contributed by atoms with van der Waals surface area (Å²) >= 11 is 0. The van der Waals surface area contributed by atoms with Gasteiger partial charge in [0.1, 0.15) is 0 Å². The number of para-hydroxylation sites is 1. The molecule has 3 aromatic rings. The summed E-state index contributed by atoms with van der Waals surface area (Å²) in [5.41, 5.74) is 7.23. The first-order chi connectivity index (χ1) is 11.8. The number of hydrogen-bond donors (Lipinski definition) is 2. The van der Waals surface area contributed by atoms with Crippen molar-refractivity contribution in [2.45, 2.75) is 12.8 Å². The number of fused-ring (bicyclic) bond motifs is 1. The van der Waals surface area contributed by atoms with E-state index in [1.165, 1.54) is 5.56 Å². The van der Waals surface area contributed by atoms with Crippen molar-refractivity contribution in [1.29, 1.82) is 0 Å². The fourth-order valence-corrected chi connectivity index (χ4v) is 2.95. The van der Waals surface area contributed by atoms with Gasteiger partial charge in [-0.3, -0.25) is 4.79 Å². The van der Waals surface area contributed by atoms with Gasteiger partial charge in [0.2, 0.25) is 0 Å². The molecule has 118 valence electrons. The van der Waals surface area contributed by atoms with Crippen molar-refractivity contribution in [3.05, 3.63) is 77.5 Å². The highest BCUT2D eigenvalue weighted by Gasteiger charge is 2.22. The van der Waals surface area contributed by atoms with Crippen LogP contribution in [-0.4, -0.2) is 16.6 Å². The van der Waals surface area contributed by atoms with Gasteiger partial charge < -0.3 is 4.98 Å². The number of aromatic amines is 1. The van der Waals surface area contributed by atoms with Gasteiger partial charge in [-0.1, -0.05) is 48.5 Å². The van der Waals surface area contributed by atoms with Crippen LogP contribution in [0, 0.1) is 0 Å². The maximum absolute atomic E-state index is 12.1. The Morgan fingerprint density at radius 2 is 1.75 bits per heavy atom. The molecular weight excluding hydrogens is 298 g/mol. The average Bonchev–Trinajstić information content (AvgIpc) is 3.18. The summed E-state index contributed by atoms with van der Waals surface area (Å²) in [4.78, 5) is 15.4. The largest absolute Gasteiger partial charge is 0.355 e. The van der Waals surface area contributed by atoms with Gasteiger partial charge in [0, 0.05) is 11.2 Å². The van der Waals surface area contributed by atoms with Crippen molar-refractivity contribution >= 4 is 28.6 Å². The summed E-state index contributed by atoms with van der Waals surface area (Å²) in [6.45, 7) is 0. The number of aryl methyl sites for hydroxylation is 1. The quantitative estimate of drug-likeness (QED) is 0.709. The lowest BCUT2D eigenvalue weighted by atomic mass is 10.0. The van der Waals surface area contributed by atoms with Crippen LogP contribution in [0.4, 0.5) is 0 Å². The summed E-state index contributed by atoms with van der Waals surface area (Å²) in [6.07, 6.45) is 3.47. The number of nitrogens with one attached hydrogen (secondary N) is 2. The highest BCUT2D eigenvalue weighted by Crippen LogP contribution is 2.20. The van der Waals surface area contributed by atoms with E-state index in [-0.39, 0.29) is 5.91 Å². The molecule has 24 heavy (non-hydrogen) atoms. The Morgan fingerprint density at radius 3 is 2.58 bits per heavy atom. The predicted molar refractivity (Wildman–Crippen MR) is 96.6 cm³/mol. The van der Waals surface area contributed by atoms with Gasteiger partial charge in [0.15, 0.2) is 0 Å². The molecule has 1 aromatic heterocycles. The minimum absolute atomic E-state index is 0.142. The number of carbonyl (C=O) groups is 1. The van der Waals surface area contributed by atoms with Crippen LogP contribution < -0.4 is 5.43 Å². The number of H-pyrrole nitrogens is 1. The maximum atomic E-state index is 12.1. The third-order valence-electron chi connectivity index (χ3n) is 4.19. The van der Waals surface area contributed by atoms with Gasteiger partial charge in [-0.2, -0.15) is 5.10 Å². The minimum Gasteiger partial charge on any atom is -0.355 e. The molecular formula is C20H17N3O. The average molecular weight is 315 g/mol. The number of benzene rings is 2. The van der Waals surface area contributed by atoms with Crippen LogP contribution >= 0.6 is 0 Å². The third-order valence-corrected chi connectivity index (χ3v) is 4.19. The van der Waals surface area contributed by atoms with Crippen molar-refractivity contribution in [2.75, 3.05) is 0 Å². The van der Waals surface area contributed by atoms with Crippen molar-refractivity contribution < 1.29 is 4.79 Å². The molecule has 0 aliphatic carbocycles. The van der Waals surface area contributed by atoms with E-state index in [1.807, 2.05) is 54.6 Å². The summed E-state index contributed by atoms with van der Waals surface area (Å²) in [5.74, 6) is -0.142. The number of rotatable bonds is 4. The van der Waals surface area contributed by atoms with Crippen molar-refractivity contribution in [1.82, 2.24) is 10.4 Å². The topological polar surface area (TPSA) is 57.2 Å². The molecule has 0 fully saturated rings. The van der Waals surface area contributed by atoms with Crippen molar-refractivity contribution in [2.24, 2.45) is 5.10 Å². The van der Waals surface area contributed by atoms with Gasteiger partial charge in [-0.15, -0.1) is 0 Å². The SMILES string of the molecule is O=C1NN=C(CCc2ccccc2)/C1=C\c1cc2ccccc2[nH]1. The fraction of sp³-hybridized carbons (Fsp3) is 0.100. The van der Waals surface area contributed by atoms with Gasteiger partial charge in [0.25, 0.3) is 5.91 Å². The molecule has 0 radical (unpaired) electrons. The first-order valence-corrected chi connectivity index (χ1v) is 8.00. The Balaban J connectivity index is 1.57. The first-order valence-electron chi connectivity index (χ1n) is 8.00. The Bertz CT molecular complexity index is 918. The van der Waals surface area contributed by atoms with E-state index < -0.39 is 0 Å². The molecule has 0 spiro atoms. The molecule has 2 heterocycles. The third kappa shape index (κ3) is 2.86. The van der Waals surface area contributed by atoms with Crippen LogP contribution in [0.1, 0.15) is 17.7 Å². The summed E-state index contributed by atoms with van der Waals surface area (Å²) in [6, 6.07) is 20.3. The van der Waals surface area contributed by atoms with Crippen LogP contribution in [0.5, 0.6) is 0 Å². The zero-order valence-corrected chi connectivity index (χ0v) is 13.1. The molecule has 0 atom stereocenters. The monoisotopic (exact) mass is 315 g/mol. The molecule has 1 aliphatic heterocycles. The molecule has 0 unspecified atom stereocenters. The molecule has 2 N–H and O–H groups in total. The Hall–Kier alpha value is -3.14. The molecule has 1 amide bonds. The normalized spacial score (nSPS) is 15.8. The molecule has 1 aliphatic rings. The van der Waals surface area contributed by atoms with Gasteiger partial charge >= 0.3 is 0 Å². The van der Waals surface area contributed by atoms with Crippen LogP contribution in [-0.2, 0) is 11.2 Å². The zero-order chi connectivity index (χ0) is 16.4. The van der Waals surface area contributed by atoms with Crippen LogP contribution in [0.25, 0.3) is 17.0 Å². The number of nitrogens with zero attached hydrogens (tertiary/aromatic N) is 1. The standard InChI is InChI=1S/C20H17N3O/c24-20-17(13-16-12-15-8-4-5-9-18(15)21-16)19(22-23-20)11-10-14-6-2-1-3-7-14/h1-9,12-13,21H,10-11H2,(H,23,24)/b17-13+.